The molecule has 8 heteroatoms. The minimum Gasteiger partial charge on any atom is -0.480 e. The fraction of sp³-hybridized carbons (Fsp3) is 0.500. The van der Waals surface area contributed by atoms with E-state index in [-0.39, 0.29) is 5.56 Å². The molecule has 0 amide bonds. The van der Waals surface area contributed by atoms with Crippen LogP contribution in [0.2, 0.25) is 0 Å². The van der Waals surface area contributed by atoms with E-state index in [1.54, 1.807) is 0 Å². The fourth-order valence-corrected chi connectivity index (χ4v) is 1.25. The lowest BCUT2D eigenvalue weighted by molar-refractivity contribution is -0.141. The highest BCUT2D eigenvalue weighted by Crippen LogP contribution is 2.27. The lowest BCUT2D eigenvalue weighted by Crippen LogP contribution is -2.36. The number of nitrogens with zero attached hydrogens (tertiary/aromatic N) is 2. The molecule has 1 aromatic rings. The SMILES string of the molecule is Cn1cc(C(O)C(N)C(=O)O)c(C(F)F)n1. The summed E-state index contributed by atoms with van der Waals surface area (Å²) in [6, 6.07) is -1.67. The largest absolute Gasteiger partial charge is 0.480 e. The molecule has 0 saturated heterocycles. The number of hydrogen-bond acceptors (Lipinski definition) is 4. The molecule has 6 nitrogen and oxygen atoms in total. The number of carboxylic acids is 1. The molecule has 0 aliphatic rings. The number of alkyl halides is 2. The Balaban J connectivity index is 3.07. The van der Waals surface area contributed by atoms with Crippen molar-refractivity contribution in [3.8, 4) is 0 Å². The third-order valence-electron chi connectivity index (χ3n) is 2.04. The van der Waals surface area contributed by atoms with Crippen LogP contribution in [0.3, 0.4) is 0 Å². The van der Waals surface area contributed by atoms with Gasteiger partial charge in [-0.1, -0.05) is 0 Å². The zero-order valence-electron chi connectivity index (χ0n) is 8.34. The first-order valence-corrected chi connectivity index (χ1v) is 4.32. The van der Waals surface area contributed by atoms with Crippen molar-refractivity contribution in [2.24, 2.45) is 12.8 Å². The summed E-state index contributed by atoms with van der Waals surface area (Å²) in [7, 11) is 1.38. The molecule has 0 aliphatic carbocycles. The number of halogens is 2. The van der Waals surface area contributed by atoms with Gasteiger partial charge in [-0.3, -0.25) is 9.48 Å². The van der Waals surface area contributed by atoms with Gasteiger partial charge in [-0.15, -0.1) is 0 Å². The van der Waals surface area contributed by atoms with Crippen molar-refractivity contribution in [3.05, 3.63) is 17.5 Å². The minimum atomic E-state index is -2.90. The molecule has 16 heavy (non-hydrogen) atoms. The molecule has 0 aliphatic heterocycles. The molecule has 1 rings (SSSR count). The average molecular weight is 235 g/mol. The Hall–Kier alpha value is -1.54. The lowest BCUT2D eigenvalue weighted by Gasteiger charge is -2.14. The molecule has 0 bridgehead atoms. The van der Waals surface area contributed by atoms with Gasteiger partial charge < -0.3 is 15.9 Å². The van der Waals surface area contributed by atoms with Crippen LogP contribution in [0, 0.1) is 0 Å². The van der Waals surface area contributed by atoms with E-state index in [0.29, 0.717) is 0 Å². The Morgan fingerprint density at radius 1 is 1.62 bits per heavy atom. The summed E-state index contributed by atoms with van der Waals surface area (Å²) >= 11 is 0. The van der Waals surface area contributed by atoms with Crippen LogP contribution in [-0.2, 0) is 11.8 Å². The van der Waals surface area contributed by atoms with E-state index in [1.165, 1.54) is 7.05 Å². The zero-order valence-corrected chi connectivity index (χ0v) is 8.34. The number of rotatable bonds is 4. The second kappa shape index (κ2) is 4.54. The van der Waals surface area contributed by atoms with E-state index < -0.39 is 30.2 Å². The van der Waals surface area contributed by atoms with Crippen LogP contribution in [0.5, 0.6) is 0 Å². The van der Waals surface area contributed by atoms with Crippen molar-refractivity contribution in [3.63, 3.8) is 0 Å². The van der Waals surface area contributed by atoms with Crippen molar-refractivity contribution in [2.75, 3.05) is 0 Å². The monoisotopic (exact) mass is 235 g/mol. The van der Waals surface area contributed by atoms with E-state index >= 15 is 0 Å². The molecule has 1 heterocycles. The van der Waals surface area contributed by atoms with Gasteiger partial charge in [0.1, 0.15) is 17.8 Å². The number of aryl methyl sites for hydroxylation is 1. The summed E-state index contributed by atoms with van der Waals surface area (Å²) in [4.78, 5) is 10.5. The Morgan fingerprint density at radius 3 is 2.62 bits per heavy atom. The molecule has 2 atom stereocenters. The van der Waals surface area contributed by atoms with E-state index in [2.05, 4.69) is 5.10 Å². The summed E-state index contributed by atoms with van der Waals surface area (Å²) in [5.74, 6) is -1.48. The van der Waals surface area contributed by atoms with Crippen molar-refractivity contribution in [1.29, 1.82) is 0 Å². The number of aliphatic hydroxyl groups excluding tert-OH is 1. The molecular formula is C8H11F2N3O3. The number of aliphatic carboxylic acids is 1. The molecule has 0 radical (unpaired) electrons. The number of hydrogen-bond donors (Lipinski definition) is 3. The van der Waals surface area contributed by atoms with Crippen molar-refractivity contribution < 1.29 is 23.8 Å². The first kappa shape index (κ1) is 12.5. The fourth-order valence-electron chi connectivity index (χ4n) is 1.25. The number of nitrogens with two attached hydrogens (primary N) is 1. The predicted molar refractivity (Wildman–Crippen MR) is 48.7 cm³/mol. The molecule has 0 fully saturated rings. The van der Waals surface area contributed by atoms with Crippen molar-refractivity contribution >= 4 is 5.97 Å². The summed E-state index contributed by atoms with van der Waals surface area (Å²) in [5, 5.41) is 21.5. The van der Waals surface area contributed by atoms with Gasteiger partial charge in [0, 0.05) is 18.8 Å². The van der Waals surface area contributed by atoms with Gasteiger partial charge in [0.25, 0.3) is 6.43 Å². The second-order valence-corrected chi connectivity index (χ2v) is 3.25. The van der Waals surface area contributed by atoms with Crippen molar-refractivity contribution in [1.82, 2.24) is 9.78 Å². The van der Waals surface area contributed by atoms with Crippen LogP contribution in [0.15, 0.2) is 6.20 Å². The average Bonchev–Trinajstić information content (AvgIpc) is 2.58. The van der Waals surface area contributed by atoms with Gasteiger partial charge in [-0.25, -0.2) is 8.78 Å². The molecule has 0 saturated carbocycles. The molecule has 0 aromatic carbocycles. The predicted octanol–water partition coefficient (Wildman–Crippen LogP) is -0.197. The third-order valence-corrected chi connectivity index (χ3v) is 2.04. The standard InChI is InChI=1S/C8H11F2N3O3/c1-13-2-3(5(12-13)7(9)10)6(14)4(11)8(15)16/h2,4,6-7,14H,11H2,1H3,(H,15,16). The first-order chi connectivity index (χ1) is 7.34. The van der Waals surface area contributed by atoms with Crippen molar-refractivity contribution in [2.45, 2.75) is 18.6 Å². The van der Waals surface area contributed by atoms with E-state index in [4.69, 9.17) is 10.8 Å². The summed E-state index contributed by atoms with van der Waals surface area (Å²) in [6.45, 7) is 0. The molecular weight excluding hydrogens is 224 g/mol. The molecule has 4 N–H and O–H groups in total. The highest BCUT2D eigenvalue weighted by molar-refractivity contribution is 5.74. The number of carboxylic acid groups (broad SMARTS) is 1. The van der Waals surface area contributed by atoms with Crippen LogP contribution in [0.25, 0.3) is 0 Å². The zero-order chi connectivity index (χ0) is 12.5. The summed E-state index contributed by atoms with van der Waals surface area (Å²) < 4.78 is 26.0. The minimum absolute atomic E-state index is 0.271. The maximum absolute atomic E-state index is 12.5. The van der Waals surface area contributed by atoms with Gasteiger partial charge in [0.2, 0.25) is 0 Å². The topological polar surface area (TPSA) is 101 Å². The van der Waals surface area contributed by atoms with Gasteiger partial charge in [0.05, 0.1) is 0 Å². The molecule has 2 unspecified atom stereocenters. The Bertz CT molecular complexity index is 394. The maximum Gasteiger partial charge on any atom is 0.323 e. The maximum atomic E-state index is 12.5. The summed E-state index contributed by atoms with van der Waals surface area (Å²) in [5.41, 5.74) is 4.21. The number of carbonyl (C=O) groups is 1. The van der Waals surface area contributed by atoms with Crippen LogP contribution >= 0.6 is 0 Å². The quantitative estimate of drug-likeness (QED) is 0.671. The number of aromatic nitrogens is 2. The highest BCUT2D eigenvalue weighted by atomic mass is 19.3. The second-order valence-electron chi connectivity index (χ2n) is 3.25. The molecule has 1 aromatic heterocycles. The normalized spacial score (nSPS) is 15.1. The molecule has 0 spiro atoms. The van der Waals surface area contributed by atoms with Crippen LogP contribution in [0.1, 0.15) is 23.8 Å². The smallest absolute Gasteiger partial charge is 0.323 e. The van der Waals surface area contributed by atoms with Gasteiger partial charge in [-0.05, 0) is 0 Å². The lowest BCUT2D eigenvalue weighted by atomic mass is 10.0. The Kier molecular flexibility index (Phi) is 3.55. The van der Waals surface area contributed by atoms with Gasteiger partial charge in [-0.2, -0.15) is 5.10 Å². The highest BCUT2D eigenvalue weighted by Gasteiger charge is 2.30. The summed E-state index contributed by atoms with van der Waals surface area (Å²) in [6.07, 6.45) is -3.49. The van der Waals surface area contributed by atoms with E-state index in [0.717, 1.165) is 10.9 Å². The van der Waals surface area contributed by atoms with Gasteiger partial charge >= 0.3 is 5.97 Å². The van der Waals surface area contributed by atoms with E-state index in [9.17, 15) is 18.7 Å². The van der Waals surface area contributed by atoms with Crippen LogP contribution in [0.4, 0.5) is 8.78 Å². The van der Waals surface area contributed by atoms with Gasteiger partial charge in [0.15, 0.2) is 0 Å². The van der Waals surface area contributed by atoms with Crippen LogP contribution < -0.4 is 5.73 Å². The first-order valence-electron chi connectivity index (χ1n) is 4.32. The third kappa shape index (κ3) is 2.34. The Labute approximate surface area is 89.3 Å². The van der Waals surface area contributed by atoms with E-state index in [1.807, 2.05) is 0 Å². The van der Waals surface area contributed by atoms with Crippen LogP contribution in [-0.4, -0.2) is 32.0 Å². The number of aliphatic hydroxyl groups is 1. The molecule has 90 valence electrons. The Morgan fingerprint density at radius 2 is 2.19 bits per heavy atom.